The van der Waals surface area contributed by atoms with Crippen LogP contribution >= 0.6 is 0 Å². The topological polar surface area (TPSA) is 60.9 Å². The van der Waals surface area contributed by atoms with Gasteiger partial charge in [0.15, 0.2) is 0 Å². The minimum absolute atomic E-state index is 0.178. The molecule has 0 atom stereocenters. The second-order valence-corrected chi connectivity index (χ2v) is 9.49. The van der Waals surface area contributed by atoms with Crippen LogP contribution in [0.3, 0.4) is 0 Å². The summed E-state index contributed by atoms with van der Waals surface area (Å²) in [6, 6.07) is 5.59. The molecule has 0 unspecified atom stereocenters. The van der Waals surface area contributed by atoms with Crippen LogP contribution < -0.4 is 0 Å². The Kier molecular flexibility index (Phi) is 5.03. The summed E-state index contributed by atoms with van der Waals surface area (Å²) in [4.78, 5) is 16.7. The van der Waals surface area contributed by atoms with Crippen LogP contribution in [0.1, 0.15) is 30.4 Å². The van der Waals surface area contributed by atoms with Crippen LogP contribution in [0, 0.1) is 0 Å². The molecule has 0 aromatic heterocycles. The van der Waals surface area contributed by atoms with Crippen molar-refractivity contribution in [2.24, 2.45) is 0 Å². The Morgan fingerprint density at radius 2 is 1.58 bits per heavy atom. The van der Waals surface area contributed by atoms with E-state index in [0.717, 1.165) is 45.2 Å². The van der Waals surface area contributed by atoms with E-state index in [4.69, 9.17) is 0 Å². The van der Waals surface area contributed by atoms with Crippen molar-refractivity contribution in [3.05, 3.63) is 29.3 Å². The van der Waals surface area contributed by atoms with Crippen LogP contribution in [0.5, 0.6) is 0 Å². The highest BCUT2D eigenvalue weighted by molar-refractivity contribution is 7.89. The maximum atomic E-state index is 13.0. The Bertz CT molecular complexity index is 779. The van der Waals surface area contributed by atoms with Crippen molar-refractivity contribution in [2.75, 3.05) is 45.8 Å². The van der Waals surface area contributed by atoms with Crippen LogP contribution in [0.15, 0.2) is 23.1 Å². The van der Waals surface area contributed by atoms with E-state index in [1.54, 1.807) is 10.4 Å². The van der Waals surface area contributed by atoms with Gasteiger partial charge in [0.05, 0.1) is 11.4 Å². The minimum Gasteiger partial charge on any atom is -0.342 e. The maximum Gasteiger partial charge on any atom is 0.243 e. The molecule has 2 fully saturated rings. The third kappa shape index (κ3) is 3.52. The zero-order chi connectivity index (χ0) is 18.1. The fourth-order valence-corrected chi connectivity index (χ4v) is 5.72. The number of fused-ring (bicyclic) bond motifs is 1. The van der Waals surface area contributed by atoms with Gasteiger partial charge in [-0.1, -0.05) is 6.07 Å². The molecule has 1 aromatic rings. The summed E-state index contributed by atoms with van der Waals surface area (Å²) >= 11 is 0. The maximum absolute atomic E-state index is 13.0. The lowest BCUT2D eigenvalue weighted by molar-refractivity contribution is -0.131. The lowest BCUT2D eigenvalue weighted by Gasteiger charge is -2.34. The molecule has 142 valence electrons. The molecular weight excluding hydrogens is 350 g/mol. The van der Waals surface area contributed by atoms with Crippen molar-refractivity contribution in [3.63, 3.8) is 0 Å². The van der Waals surface area contributed by atoms with Crippen LogP contribution in [0.25, 0.3) is 0 Å². The van der Waals surface area contributed by atoms with E-state index in [-0.39, 0.29) is 5.91 Å². The molecular formula is C19H27N3O3S. The van der Waals surface area contributed by atoms with Gasteiger partial charge in [0.2, 0.25) is 15.9 Å². The number of hydrogen-bond acceptors (Lipinski definition) is 4. The van der Waals surface area contributed by atoms with Crippen molar-refractivity contribution in [1.29, 1.82) is 0 Å². The molecule has 0 radical (unpaired) electrons. The summed E-state index contributed by atoms with van der Waals surface area (Å²) in [6.07, 6.45) is 5.34. The normalized spacial score (nSPS) is 21.9. The van der Waals surface area contributed by atoms with Crippen LogP contribution in [0.4, 0.5) is 0 Å². The number of nitrogens with zero attached hydrogens (tertiary/aromatic N) is 3. The number of piperazine rings is 1. The van der Waals surface area contributed by atoms with Crippen LogP contribution in [-0.4, -0.2) is 74.2 Å². The highest BCUT2D eigenvalue weighted by atomic mass is 32.2. The first-order valence-corrected chi connectivity index (χ1v) is 11.1. The van der Waals surface area contributed by atoms with Gasteiger partial charge in [-0.15, -0.1) is 0 Å². The zero-order valence-electron chi connectivity index (χ0n) is 15.2. The Morgan fingerprint density at radius 1 is 0.885 bits per heavy atom. The second-order valence-electron chi connectivity index (χ2n) is 7.55. The second kappa shape index (κ2) is 7.29. The van der Waals surface area contributed by atoms with E-state index in [1.807, 2.05) is 17.0 Å². The molecule has 1 aliphatic carbocycles. The first kappa shape index (κ1) is 17.9. The fraction of sp³-hybridized carbons (Fsp3) is 0.632. The molecule has 0 spiro atoms. The van der Waals surface area contributed by atoms with Crippen molar-refractivity contribution in [2.45, 2.75) is 37.0 Å². The Morgan fingerprint density at radius 3 is 2.31 bits per heavy atom. The van der Waals surface area contributed by atoms with Crippen molar-refractivity contribution >= 4 is 15.9 Å². The molecule has 2 saturated heterocycles. The van der Waals surface area contributed by atoms with Crippen molar-refractivity contribution in [1.82, 2.24) is 14.1 Å². The smallest absolute Gasteiger partial charge is 0.243 e. The number of carbonyl (C=O) groups excluding carboxylic acids is 1. The lowest BCUT2D eigenvalue weighted by Crippen LogP contribution is -2.51. The Labute approximate surface area is 155 Å². The number of carbonyl (C=O) groups is 1. The van der Waals surface area contributed by atoms with E-state index in [0.29, 0.717) is 37.6 Å². The van der Waals surface area contributed by atoms with Gasteiger partial charge >= 0.3 is 0 Å². The monoisotopic (exact) mass is 377 g/mol. The van der Waals surface area contributed by atoms with Gasteiger partial charge in [-0.2, -0.15) is 4.31 Å². The van der Waals surface area contributed by atoms with E-state index in [1.165, 1.54) is 11.1 Å². The number of benzene rings is 1. The molecule has 6 nitrogen and oxygen atoms in total. The number of amides is 1. The van der Waals surface area contributed by atoms with Gasteiger partial charge in [0.25, 0.3) is 0 Å². The van der Waals surface area contributed by atoms with Gasteiger partial charge in [-0.05, 0) is 55.4 Å². The molecule has 1 amide bonds. The minimum atomic E-state index is -3.44. The highest BCUT2D eigenvalue weighted by Gasteiger charge is 2.30. The molecule has 0 N–H and O–H groups in total. The number of aryl methyl sites for hydroxylation is 2. The number of rotatable bonds is 4. The number of sulfonamides is 1. The molecule has 0 saturated carbocycles. The molecule has 7 heteroatoms. The van der Waals surface area contributed by atoms with Crippen molar-refractivity contribution < 1.29 is 13.2 Å². The molecule has 2 aliphatic heterocycles. The standard InChI is InChI=1S/C19H27N3O3S/c23-19(21-8-1-2-9-21)15-20-10-12-22(13-11-20)26(24,25)18-7-6-16-4-3-5-17(16)14-18/h6-7,14H,1-5,8-13,15H2. The van der Waals surface area contributed by atoms with E-state index < -0.39 is 10.0 Å². The van der Waals surface area contributed by atoms with Gasteiger partial charge in [0, 0.05) is 39.3 Å². The molecule has 0 bridgehead atoms. The summed E-state index contributed by atoms with van der Waals surface area (Å²) in [5.41, 5.74) is 2.47. The van der Waals surface area contributed by atoms with Crippen molar-refractivity contribution in [3.8, 4) is 0 Å². The Balaban J connectivity index is 1.37. The van der Waals surface area contributed by atoms with Gasteiger partial charge in [-0.3, -0.25) is 9.69 Å². The number of likely N-dealkylation sites (tertiary alicyclic amines) is 1. The quantitative estimate of drug-likeness (QED) is 0.789. The number of hydrogen-bond donors (Lipinski definition) is 0. The summed E-state index contributed by atoms with van der Waals surface area (Å²) in [5, 5.41) is 0. The van der Waals surface area contributed by atoms with Gasteiger partial charge < -0.3 is 4.90 Å². The summed E-state index contributed by atoms with van der Waals surface area (Å²) in [5.74, 6) is 0.178. The Hall–Kier alpha value is -1.44. The average Bonchev–Trinajstić information content (AvgIpc) is 3.33. The molecule has 3 aliphatic rings. The van der Waals surface area contributed by atoms with Gasteiger partial charge in [-0.25, -0.2) is 8.42 Å². The third-order valence-electron chi connectivity index (χ3n) is 5.86. The van der Waals surface area contributed by atoms with E-state index >= 15 is 0 Å². The van der Waals surface area contributed by atoms with Crippen LogP contribution in [-0.2, 0) is 27.7 Å². The predicted octanol–water partition coefficient (Wildman–Crippen LogP) is 1.10. The summed E-state index contributed by atoms with van der Waals surface area (Å²) in [6.45, 7) is 4.27. The molecule has 26 heavy (non-hydrogen) atoms. The fourth-order valence-electron chi connectivity index (χ4n) is 4.24. The molecule has 4 rings (SSSR count). The highest BCUT2D eigenvalue weighted by Crippen LogP contribution is 2.26. The van der Waals surface area contributed by atoms with Gasteiger partial charge in [0.1, 0.15) is 0 Å². The zero-order valence-corrected chi connectivity index (χ0v) is 16.0. The van der Waals surface area contributed by atoms with Crippen LogP contribution in [0.2, 0.25) is 0 Å². The van der Waals surface area contributed by atoms with E-state index in [9.17, 15) is 13.2 Å². The largest absolute Gasteiger partial charge is 0.342 e. The SMILES string of the molecule is O=C(CN1CCN(S(=O)(=O)c2ccc3c(c2)CCC3)CC1)N1CCCC1. The molecule has 2 heterocycles. The average molecular weight is 378 g/mol. The summed E-state index contributed by atoms with van der Waals surface area (Å²) < 4.78 is 27.5. The third-order valence-corrected chi connectivity index (χ3v) is 7.75. The van der Waals surface area contributed by atoms with E-state index in [2.05, 4.69) is 4.90 Å². The summed E-state index contributed by atoms with van der Waals surface area (Å²) in [7, 11) is -3.44. The predicted molar refractivity (Wildman–Crippen MR) is 99.5 cm³/mol. The first-order chi connectivity index (χ1) is 12.5. The first-order valence-electron chi connectivity index (χ1n) is 9.66. The molecule has 1 aromatic carbocycles. The lowest BCUT2D eigenvalue weighted by atomic mass is 10.1.